The molecule has 0 spiro atoms. The summed E-state index contributed by atoms with van der Waals surface area (Å²) in [6.07, 6.45) is 0. The molecule has 0 saturated carbocycles. The van der Waals surface area contributed by atoms with Crippen molar-refractivity contribution in [2.75, 3.05) is 5.73 Å². The Morgan fingerprint density at radius 2 is 2.00 bits per heavy atom. The van der Waals surface area contributed by atoms with Crippen LogP contribution in [0.2, 0.25) is 0 Å². The predicted octanol–water partition coefficient (Wildman–Crippen LogP) is 4.04. The van der Waals surface area contributed by atoms with Gasteiger partial charge in [-0.3, -0.25) is 0 Å². The fourth-order valence-electron chi connectivity index (χ4n) is 2.16. The summed E-state index contributed by atoms with van der Waals surface area (Å²) in [4.78, 5) is 7.77. The van der Waals surface area contributed by atoms with E-state index in [1.807, 2.05) is 36.4 Å². The maximum atomic E-state index is 5.74. The van der Waals surface area contributed by atoms with Crippen LogP contribution in [0.15, 0.2) is 63.2 Å². The van der Waals surface area contributed by atoms with Crippen molar-refractivity contribution in [1.29, 1.82) is 0 Å². The fourth-order valence-corrected chi connectivity index (χ4v) is 2.97. The number of hydrogen-bond donors (Lipinski definition) is 2. The number of para-hydroxylation sites is 1. The largest absolute Gasteiger partial charge is 0.431 e. The molecule has 4 aromatic rings. The Labute approximate surface area is 119 Å². The predicted molar refractivity (Wildman–Crippen MR) is 80.8 cm³/mol. The number of nitrogens with one attached hydrogen (secondary N) is 1. The van der Waals surface area contributed by atoms with Gasteiger partial charge in [-0.25, -0.2) is 4.98 Å². The Kier molecular flexibility index (Phi) is 2.47. The van der Waals surface area contributed by atoms with Gasteiger partial charge in [-0.2, -0.15) is 0 Å². The summed E-state index contributed by atoms with van der Waals surface area (Å²) in [5, 5.41) is 2.79. The van der Waals surface area contributed by atoms with Gasteiger partial charge in [-0.05, 0) is 42.1 Å². The summed E-state index contributed by atoms with van der Waals surface area (Å²) >= 11 is 1.47. The lowest BCUT2D eigenvalue weighted by atomic mass is 10.3. The normalized spacial score (nSPS) is 11.4. The molecule has 98 valence electrons. The minimum absolute atomic E-state index is 0.608. The van der Waals surface area contributed by atoms with Gasteiger partial charge >= 0.3 is 0 Å². The highest BCUT2D eigenvalue weighted by Gasteiger charge is 2.09. The average molecular weight is 281 g/mol. The third kappa shape index (κ3) is 1.92. The van der Waals surface area contributed by atoms with E-state index in [0.29, 0.717) is 10.9 Å². The monoisotopic (exact) mass is 281 g/mol. The highest BCUT2D eigenvalue weighted by molar-refractivity contribution is 7.99. The lowest BCUT2D eigenvalue weighted by Crippen LogP contribution is -1.82. The number of anilines is 1. The Morgan fingerprint density at radius 3 is 2.90 bits per heavy atom. The molecule has 0 fully saturated rings. The van der Waals surface area contributed by atoms with Gasteiger partial charge in [0.05, 0.1) is 5.03 Å². The van der Waals surface area contributed by atoms with Crippen LogP contribution < -0.4 is 5.73 Å². The van der Waals surface area contributed by atoms with E-state index < -0.39 is 0 Å². The molecule has 2 heterocycles. The molecule has 0 atom stereocenters. The zero-order valence-corrected chi connectivity index (χ0v) is 11.3. The van der Waals surface area contributed by atoms with Gasteiger partial charge in [0, 0.05) is 16.6 Å². The second kappa shape index (κ2) is 4.31. The molecule has 0 radical (unpaired) electrons. The molecular weight excluding hydrogens is 270 g/mol. The first-order valence-corrected chi connectivity index (χ1v) is 7.01. The van der Waals surface area contributed by atoms with Crippen LogP contribution in [0.5, 0.6) is 0 Å². The van der Waals surface area contributed by atoms with Gasteiger partial charge in [0.25, 0.3) is 5.22 Å². The number of rotatable bonds is 2. The number of aromatic amines is 1. The van der Waals surface area contributed by atoms with E-state index in [-0.39, 0.29) is 0 Å². The molecule has 4 rings (SSSR count). The lowest BCUT2D eigenvalue weighted by Gasteiger charge is -1.90. The highest BCUT2D eigenvalue weighted by Crippen LogP contribution is 2.31. The van der Waals surface area contributed by atoms with E-state index in [1.165, 1.54) is 17.1 Å². The van der Waals surface area contributed by atoms with Crippen molar-refractivity contribution in [3.8, 4) is 0 Å². The third-order valence-corrected chi connectivity index (χ3v) is 3.88. The van der Waals surface area contributed by atoms with Crippen molar-refractivity contribution in [1.82, 2.24) is 9.97 Å². The summed E-state index contributed by atoms with van der Waals surface area (Å²) in [6, 6.07) is 15.7. The molecule has 0 aliphatic carbocycles. The summed E-state index contributed by atoms with van der Waals surface area (Å²) in [5.41, 5.74) is 9.07. The minimum Gasteiger partial charge on any atom is -0.431 e. The minimum atomic E-state index is 0.608. The summed E-state index contributed by atoms with van der Waals surface area (Å²) in [5.74, 6) is 0. The van der Waals surface area contributed by atoms with E-state index in [0.717, 1.165) is 21.6 Å². The lowest BCUT2D eigenvalue weighted by molar-refractivity contribution is 0.489. The molecule has 0 unspecified atom stereocenters. The summed E-state index contributed by atoms with van der Waals surface area (Å²) < 4.78 is 5.70. The molecule has 4 nitrogen and oxygen atoms in total. The quantitative estimate of drug-likeness (QED) is 0.544. The number of H-pyrrole nitrogens is 1. The molecule has 5 heteroatoms. The third-order valence-electron chi connectivity index (χ3n) is 3.09. The second-order valence-electron chi connectivity index (χ2n) is 4.53. The second-order valence-corrected chi connectivity index (χ2v) is 5.52. The number of benzene rings is 2. The zero-order valence-electron chi connectivity index (χ0n) is 10.5. The van der Waals surface area contributed by atoms with Crippen LogP contribution in [-0.4, -0.2) is 9.97 Å². The van der Waals surface area contributed by atoms with Crippen LogP contribution in [0.25, 0.3) is 22.0 Å². The van der Waals surface area contributed by atoms with E-state index >= 15 is 0 Å². The number of nitrogens with zero attached hydrogens (tertiary/aromatic N) is 1. The number of aromatic nitrogens is 2. The van der Waals surface area contributed by atoms with E-state index in [4.69, 9.17) is 10.2 Å². The summed E-state index contributed by atoms with van der Waals surface area (Å²) in [7, 11) is 0. The number of fused-ring (bicyclic) bond motifs is 2. The molecular formula is C15H11N3OS. The van der Waals surface area contributed by atoms with E-state index in [2.05, 4.69) is 22.1 Å². The molecule has 20 heavy (non-hydrogen) atoms. The van der Waals surface area contributed by atoms with E-state index in [1.54, 1.807) is 0 Å². The van der Waals surface area contributed by atoms with Crippen molar-refractivity contribution in [3.63, 3.8) is 0 Å². The Hall–Kier alpha value is -2.40. The molecule has 0 aliphatic heterocycles. The first-order chi connectivity index (χ1) is 9.78. The van der Waals surface area contributed by atoms with Crippen molar-refractivity contribution in [3.05, 3.63) is 48.5 Å². The first-order valence-electron chi connectivity index (χ1n) is 6.20. The van der Waals surface area contributed by atoms with Gasteiger partial charge in [-0.1, -0.05) is 18.2 Å². The molecule has 2 aromatic carbocycles. The van der Waals surface area contributed by atoms with Crippen LogP contribution in [0.1, 0.15) is 0 Å². The molecule has 2 aromatic heterocycles. The fraction of sp³-hybridized carbons (Fsp3) is 0. The van der Waals surface area contributed by atoms with Crippen LogP contribution >= 0.6 is 11.8 Å². The van der Waals surface area contributed by atoms with Gasteiger partial charge in [0.1, 0.15) is 5.52 Å². The molecule has 0 amide bonds. The standard InChI is InChI=1S/C15H11N3OS/c16-10-5-6-13-12(8-10)18-15(19-13)20-14-7-9-3-1-2-4-11(9)17-14/h1-8,17H,16H2. The zero-order chi connectivity index (χ0) is 13.5. The summed E-state index contributed by atoms with van der Waals surface area (Å²) in [6.45, 7) is 0. The van der Waals surface area contributed by atoms with E-state index in [9.17, 15) is 0 Å². The Bertz CT molecular complexity index is 877. The van der Waals surface area contributed by atoms with Crippen LogP contribution in [-0.2, 0) is 0 Å². The molecule has 0 aliphatic rings. The van der Waals surface area contributed by atoms with Gasteiger partial charge in [-0.15, -0.1) is 0 Å². The smallest absolute Gasteiger partial charge is 0.263 e. The average Bonchev–Trinajstić information content (AvgIpc) is 3.00. The number of nitrogens with two attached hydrogens (primary N) is 1. The molecule has 0 bridgehead atoms. The Morgan fingerprint density at radius 1 is 1.10 bits per heavy atom. The van der Waals surface area contributed by atoms with Crippen molar-refractivity contribution >= 4 is 39.5 Å². The number of oxazole rings is 1. The molecule has 0 saturated heterocycles. The van der Waals surface area contributed by atoms with Gasteiger partial charge in [0.15, 0.2) is 5.58 Å². The topological polar surface area (TPSA) is 67.8 Å². The number of nitrogen functional groups attached to an aromatic ring is 1. The Balaban J connectivity index is 1.72. The highest BCUT2D eigenvalue weighted by atomic mass is 32.2. The van der Waals surface area contributed by atoms with Crippen LogP contribution in [0.4, 0.5) is 5.69 Å². The first kappa shape index (κ1) is 11.4. The van der Waals surface area contributed by atoms with Crippen molar-refractivity contribution in [2.24, 2.45) is 0 Å². The van der Waals surface area contributed by atoms with Crippen LogP contribution in [0.3, 0.4) is 0 Å². The number of hydrogen-bond acceptors (Lipinski definition) is 4. The SMILES string of the molecule is Nc1ccc2oc(Sc3cc4ccccc4[nH]3)nc2c1. The van der Waals surface area contributed by atoms with Crippen molar-refractivity contribution in [2.45, 2.75) is 10.2 Å². The van der Waals surface area contributed by atoms with Gasteiger partial charge < -0.3 is 15.1 Å². The van der Waals surface area contributed by atoms with Crippen LogP contribution in [0, 0.1) is 0 Å². The molecule has 3 N–H and O–H groups in total. The van der Waals surface area contributed by atoms with Gasteiger partial charge in [0.2, 0.25) is 0 Å². The van der Waals surface area contributed by atoms with Crippen molar-refractivity contribution < 1.29 is 4.42 Å². The maximum absolute atomic E-state index is 5.74. The maximum Gasteiger partial charge on any atom is 0.263 e.